The molecule has 1 amide bonds. The van der Waals surface area contributed by atoms with Gasteiger partial charge in [0.25, 0.3) is 0 Å². The summed E-state index contributed by atoms with van der Waals surface area (Å²) in [5, 5.41) is 3.08. The predicted molar refractivity (Wildman–Crippen MR) is 107 cm³/mol. The first kappa shape index (κ1) is 18.3. The van der Waals surface area contributed by atoms with Crippen LogP contribution in [0.3, 0.4) is 0 Å². The highest BCUT2D eigenvalue weighted by atomic mass is 16.5. The largest absolute Gasteiger partial charge is 0.496 e. The van der Waals surface area contributed by atoms with E-state index in [1.807, 2.05) is 24.3 Å². The number of methoxy groups -OCH3 is 1. The first-order valence-corrected chi connectivity index (χ1v) is 9.46. The number of carbonyl (C=O) groups excluding carboxylic acids is 1. The second-order valence-corrected chi connectivity index (χ2v) is 6.75. The smallest absolute Gasteiger partial charge is 0.227 e. The zero-order valence-electron chi connectivity index (χ0n) is 15.9. The minimum absolute atomic E-state index is 0.0127. The normalized spacial score (nSPS) is 15.9. The first-order chi connectivity index (χ1) is 12.7. The SMILES string of the molecule is CCN(CC)c1ccc(NC(=O)C2CCc3cccc(OC)c3C2)cc1. The molecular formula is C22H28N2O2. The quantitative estimate of drug-likeness (QED) is 0.843. The number of carbonyl (C=O) groups is 1. The Morgan fingerprint density at radius 2 is 1.88 bits per heavy atom. The number of aryl methyl sites for hydroxylation is 1. The summed E-state index contributed by atoms with van der Waals surface area (Å²) < 4.78 is 5.48. The van der Waals surface area contributed by atoms with E-state index in [0.29, 0.717) is 0 Å². The van der Waals surface area contributed by atoms with E-state index < -0.39 is 0 Å². The van der Waals surface area contributed by atoms with Crippen molar-refractivity contribution in [2.24, 2.45) is 5.92 Å². The van der Waals surface area contributed by atoms with Crippen LogP contribution < -0.4 is 15.0 Å². The topological polar surface area (TPSA) is 41.6 Å². The highest BCUT2D eigenvalue weighted by molar-refractivity contribution is 5.93. The van der Waals surface area contributed by atoms with Crippen molar-refractivity contribution in [3.8, 4) is 5.75 Å². The lowest BCUT2D eigenvalue weighted by atomic mass is 9.83. The summed E-state index contributed by atoms with van der Waals surface area (Å²) in [7, 11) is 1.69. The molecule has 0 radical (unpaired) electrons. The Kier molecular flexibility index (Phi) is 5.82. The molecule has 1 aliphatic carbocycles. The summed E-state index contributed by atoms with van der Waals surface area (Å²) in [5.41, 5.74) is 4.52. The van der Waals surface area contributed by atoms with Crippen LogP contribution in [-0.4, -0.2) is 26.1 Å². The first-order valence-electron chi connectivity index (χ1n) is 9.46. The van der Waals surface area contributed by atoms with Crippen LogP contribution in [0.1, 0.15) is 31.4 Å². The second kappa shape index (κ2) is 8.26. The molecule has 0 aliphatic heterocycles. The fourth-order valence-corrected chi connectivity index (χ4v) is 3.76. The second-order valence-electron chi connectivity index (χ2n) is 6.75. The van der Waals surface area contributed by atoms with E-state index in [2.05, 4.69) is 42.3 Å². The predicted octanol–water partition coefficient (Wildman–Crippen LogP) is 4.29. The summed E-state index contributed by atoms with van der Waals surface area (Å²) in [6.45, 7) is 6.25. The number of fused-ring (bicyclic) bond motifs is 1. The Balaban J connectivity index is 1.67. The van der Waals surface area contributed by atoms with E-state index in [1.165, 1.54) is 16.8 Å². The van der Waals surface area contributed by atoms with Crippen molar-refractivity contribution in [1.29, 1.82) is 0 Å². The molecular weight excluding hydrogens is 324 g/mol. The van der Waals surface area contributed by atoms with Gasteiger partial charge in [0, 0.05) is 30.4 Å². The molecule has 1 aliphatic rings. The number of nitrogens with one attached hydrogen (secondary N) is 1. The molecule has 138 valence electrons. The fraction of sp³-hybridized carbons (Fsp3) is 0.409. The zero-order chi connectivity index (χ0) is 18.5. The molecule has 4 nitrogen and oxygen atoms in total. The molecule has 0 bridgehead atoms. The van der Waals surface area contributed by atoms with E-state index >= 15 is 0 Å². The van der Waals surface area contributed by atoms with E-state index in [1.54, 1.807) is 7.11 Å². The average molecular weight is 352 g/mol. The van der Waals surface area contributed by atoms with Crippen molar-refractivity contribution in [2.75, 3.05) is 30.4 Å². The van der Waals surface area contributed by atoms with Gasteiger partial charge in [0.1, 0.15) is 5.75 Å². The van der Waals surface area contributed by atoms with Crippen molar-refractivity contribution >= 4 is 17.3 Å². The molecule has 0 heterocycles. The average Bonchev–Trinajstić information content (AvgIpc) is 2.69. The Morgan fingerprint density at radius 1 is 1.15 bits per heavy atom. The van der Waals surface area contributed by atoms with Crippen LogP contribution in [0.2, 0.25) is 0 Å². The van der Waals surface area contributed by atoms with Crippen LogP contribution in [0, 0.1) is 5.92 Å². The maximum absolute atomic E-state index is 12.7. The summed E-state index contributed by atoms with van der Waals surface area (Å²) in [5.74, 6) is 0.974. The number of rotatable bonds is 6. The lowest BCUT2D eigenvalue weighted by Gasteiger charge is -2.25. The maximum atomic E-state index is 12.7. The molecule has 0 spiro atoms. The van der Waals surface area contributed by atoms with E-state index in [4.69, 9.17) is 4.74 Å². The monoisotopic (exact) mass is 352 g/mol. The minimum atomic E-state index is -0.0127. The molecule has 1 unspecified atom stereocenters. The Hall–Kier alpha value is -2.49. The third-order valence-electron chi connectivity index (χ3n) is 5.30. The van der Waals surface area contributed by atoms with Crippen molar-refractivity contribution in [1.82, 2.24) is 0 Å². The van der Waals surface area contributed by atoms with Gasteiger partial charge in [0.05, 0.1) is 7.11 Å². The molecule has 1 atom stereocenters. The number of nitrogens with zero attached hydrogens (tertiary/aromatic N) is 1. The van der Waals surface area contributed by atoms with Gasteiger partial charge in [-0.1, -0.05) is 12.1 Å². The summed E-state index contributed by atoms with van der Waals surface area (Å²) in [6.07, 6.45) is 2.54. The summed E-state index contributed by atoms with van der Waals surface area (Å²) in [6, 6.07) is 14.3. The molecule has 1 N–H and O–H groups in total. The molecule has 26 heavy (non-hydrogen) atoms. The molecule has 3 rings (SSSR count). The number of anilines is 2. The van der Waals surface area contributed by atoms with Crippen LogP contribution in [-0.2, 0) is 17.6 Å². The standard InChI is InChI=1S/C22H28N2O2/c1-4-24(5-2)19-13-11-18(12-14-19)23-22(25)17-10-9-16-7-6-8-21(26-3)20(16)15-17/h6-8,11-14,17H,4-5,9-10,15H2,1-3H3,(H,23,25). The minimum Gasteiger partial charge on any atom is -0.496 e. The van der Waals surface area contributed by atoms with Gasteiger partial charge in [-0.3, -0.25) is 4.79 Å². The van der Waals surface area contributed by atoms with Gasteiger partial charge in [0.15, 0.2) is 0 Å². The number of amides is 1. The Bertz CT molecular complexity index is 737. The van der Waals surface area contributed by atoms with Crippen LogP contribution >= 0.6 is 0 Å². The molecule has 2 aromatic carbocycles. The molecule has 0 fully saturated rings. The lowest BCUT2D eigenvalue weighted by molar-refractivity contribution is -0.120. The van der Waals surface area contributed by atoms with Gasteiger partial charge in [-0.05, 0) is 74.6 Å². The number of ether oxygens (including phenoxy) is 1. The Morgan fingerprint density at radius 3 is 2.54 bits per heavy atom. The molecule has 0 saturated heterocycles. The zero-order valence-corrected chi connectivity index (χ0v) is 15.9. The van der Waals surface area contributed by atoms with E-state index in [-0.39, 0.29) is 11.8 Å². The van der Waals surface area contributed by atoms with Gasteiger partial charge < -0.3 is 15.0 Å². The maximum Gasteiger partial charge on any atom is 0.227 e. The van der Waals surface area contributed by atoms with Crippen molar-refractivity contribution < 1.29 is 9.53 Å². The summed E-state index contributed by atoms with van der Waals surface area (Å²) >= 11 is 0. The molecule has 0 saturated carbocycles. The highest BCUT2D eigenvalue weighted by Gasteiger charge is 2.26. The van der Waals surface area contributed by atoms with E-state index in [9.17, 15) is 4.79 Å². The van der Waals surface area contributed by atoms with Gasteiger partial charge in [-0.15, -0.1) is 0 Å². The third kappa shape index (κ3) is 3.85. The molecule has 0 aromatic heterocycles. The number of hydrogen-bond acceptors (Lipinski definition) is 3. The lowest BCUT2D eigenvalue weighted by Crippen LogP contribution is -2.28. The number of benzene rings is 2. The van der Waals surface area contributed by atoms with Crippen LogP contribution in [0.4, 0.5) is 11.4 Å². The van der Waals surface area contributed by atoms with Crippen molar-refractivity contribution in [3.63, 3.8) is 0 Å². The fourth-order valence-electron chi connectivity index (χ4n) is 3.76. The van der Waals surface area contributed by atoms with Gasteiger partial charge >= 0.3 is 0 Å². The Labute approximate surface area is 156 Å². The van der Waals surface area contributed by atoms with Gasteiger partial charge in [-0.25, -0.2) is 0 Å². The highest BCUT2D eigenvalue weighted by Crippen LogP contribution is 2.32. The van der Waals surface area contributed by atoms with Crippen molar-refractivity contribution in [2.45, 2.75) is 33.1 Å². The molecule has 4 heteroatoms. The van der Waals surface area contributed by atoms with Crippen molar-refractivity contribution in [3.05, 3.63) is 53.6 Å². The number of hydrogen-bond donors (Lipinski definition) is 1. The third-order valence-corrected chi connectivity index (χ3v) is 5.30. The van der Waals surface area contributed by atoms with Crippen LogP contribution in [0.15, 0.2) is 42.5 Å². The van der Waals surface area contributed by atoms with Gasteiger partial charge in [0.2, 0.25) is 5.91 Å². The van der Waals surface area contributed by atoms with E-state index in [0.717, 1.165) is 43.8 Å². The molecule has 2 aromatic rings. The summed E-state index contributed by atoms with van der Waals surface area (Å²) in [4.78, 5) is 15.0. The van der Waals surface area contributed by atoms with Crippen LogP contribution in [0.5, 0.6) is 5.75 Å². The van der Waals surface area contributed by atoms with Crippen LogP contribution in [0.25, 0.3) is 0 Å². The van der Waals surface area contributed by atoms with Gasteiger partial charge in [-0.2, -0.15) is 0 Å².